The third-order valence-electron chi connectivity index (χ3n) is 1.98. The first-order chi connectivity index (χ1) is 8.08. The molecule has 94 valence electrons. The van der Waals surface area contributed by atoms with Crippen molar-refractivity contribution in [2.24, 2.45) is 0 Å². The van der Waals surface area contributed by atoms with Crippen molar-refractivity contribution in [2.75, 3.05) is 18.5 Å². The van der Waals surface area contributed by atoms with Crippen LogP contribution in [0.3, 0.4) is 0 Å². The third-order valence-corrected chi connectivity index (χ3v) is 2.29. The lowest BCUT2D eigenvalue weighted by Crippen LogP contribution is -2.08. The highest BCUT2D eigenvalue weighted by atomic mass is 35.5. The van der Waals surface area contributed by atoms with E-state index in [0.29, 0.717) is 22.0 Å². The molecule has 1 rings (SSSR count). The first-order valence-corrected chi connectivity index (χ1v) is 5.40. The minimum absolute atomic E-state index is 0.105. The Hall–Kier alpha value is -1.30. The van der Waals surface area contributed by atoms with E-state index in [-0.39, 0.29) is 25.7 Å². The summed E-state index contributed by atoms with van der Waals surface area (Å²) in [5.41, 5.74) is 0.904. The molecule has 1 aromatic rings. The lowest BCUT2D eigenvalue weighted by molar-refractivity contribution is -0.114. The van der Waals surface area contributed by atoms with Gasteiger partial charge in [-0.15, -0.1) is 0 Å². The molecule has 0 aliphatic carbocycles. The molecular formula is C11H14ClNO4. The first-order valence-electron chi connectivity index (χ1n) is 5.03. The fraction of sp³-hybridized carbons (Fsp3) is 0.364. The molecule has 3 N–H and O–H groups in total. The summed E-state index contributed by atoms with van der Waals surface area (Å²) in [5, 5.41) is 20.7. The van der Waals surface area contributed by atoms with Crippen LogP contribution in [0.5, 0.6) is 5.75 Å². The molecule has 0 saturated heterocycles. The van der Waals surface area contributed by atoms with Gasteiger partial charge in [-0.3, -0.25) is 4.79 Å². The van der Waals surface area contributed by atoms with Crippen molar-refractivity contribution >= 4 is 23.2 Å². The summed E-state index contributed by atoms with van der Waals surface area (Å²) in [6.07, 6.45) is 0. The minimum Gasteiger partial charge on any atom is -0.491 e. The fourth-order valence-corrected chi connectivity index (χ4v) is 1.53. The maximum Gasteiger partial charge on any atom is 0.221 e. The molecule has 1 amide bonds. The predicted octanol–water partition coefficient (Wildman–Crippen LogP) is 1.16. The number of halogens is 1. The molecule has 0 radical (unpaired) electrons. The quantitative estimate of drug-likeness (QED) is 0.742. The van der Waals surface area contributed by atoms with Gasteiger partial charge in [-0.25, -0.2) is 0 Å². The van der Waals surface area contributed by atoms with Gasteiger partial charge in [-0.1, -0.05) is 11.6 Å². The average Bonchev–Trinajstić information content (AvgIpc) is 2.28. The lowest BCUT2D eigenvalue weighted by Gasteiger charge is -2.13. The van der Waals surface area contributed by atoms with Crippen LogP contribution in [0.15, 0.2) is 12.1 Å². The number of carbonyl (C=O) groups excluding carboxylic acids is 1. The van der Waals surface area contributed by atoms with Gasteiger partial charge in [0.2, 0.25) is 5.91 Å². The van der Waals surface area contributed by atoms with E-state index in [4.69, 9.17) is 26.6 Å². The van der Waals surface area contributed by atoms with E-state index in [9.17, 15) is 4.79 Å². The zero-order valence-electron chi connectivity index (χ0n) is 9.36. The number of nitrogens with one attached hydrogen (secondary N) is 1. The van der Waals surface area contributed by atoms with Gasteiger partial charge in [0.25, 0.3) is 0 Å². The number of hydrogen-bond donors (Lipinski definition) is 3. The number of amides is 1. The number of ether oxygens (including phenoxy) is 1. The Bertz CT molecular complexity index is 409. The van der Waals surface area contributed by atoms with Crippen LogP contribution in [-0.4, -0.2) is 29.3 Å². The average molecular weight is 260 g/mol. The zero-order valence-corrected chi connectivity index (χ0v) is 10.1. The molecule has 0 spiro atoms. The van der Waals surface area contributed by atoms with E-state index < -0.39 is 0 Å². The summed E-state index contributed by atoms with van der Waals surface area (Å²) in [6.45, 7) is 1.10. The van der Waals surface area contributed by atoms with Crippen molar-refractivity contribution in [3.63, 3.8) is 0 Å². The largest absolute Gasteiger partial charge is 0.491 e. The molecule has 5 nitrogen and oxygen atoms in total. The van der Waals surface area contributed by atoms with E-state index in [1.165, 1.54) is 19.1 Å². The molecule has 6 heteroatoms. The van der Waals surface area contributed by atoms with Crippen molar-refractivity contribution in [3.05, 3.63) is 22.7 Å². The summed E-state index contributed by atoms with van der Waals surface area (Å²) in [6, 6.07) is 3.03. The molecule has 0 heterocycles. The second kappa shape index (κ2) is 6.44. The second-order valence-electron chi connectivity index (χ2n) is 3.35. The van der Waals surface area contributed by atoms with Gasteiger partial charge in [0.15, 0.2) is 0 Å². The molecule has 0 unspecified atom stereocenters. The van der Waals surface area contributed by atoms with Crippen LogP contribution in [0, 0.1) is 0 Å². The van der Waals surface area contributed by atoms with Crippen LogP contribution < -0.4 is 10.1 Å². The Kier molecular flexibility index (Phi) is 5.21. The van der Waals surface area contributed by atoms with Crippen molar-refractivity contribution in [1.82, 2.24) is 0 Å². The molecule has 0 saturated carbocycles. The van der Waals surface area contributed by atoms with Crippen molar-refractivity contribution in [2.45, 2.75) is 13.5 Å². The van der Waals surface area contributed by atoms with Crippen LogP contribution in [0.1, 0.15) is 12.5 Å². The SMILES string of the molecule is CC(=O)Nc1cc(OCCO)c(CO)cc1Cl. The molecule has 0 atom stereocenters. The number of anilines is 1. The summed E-state index contributed by atoms with van der Waals surface area (Å²) >= 11 is 5.93. The van der Waals surface area contributed by atoms with Gasteiger partial charge in [0.1, 0.15) is 12.4 Å². The van der Waals surface area contributed by atoms with Crippen LogP contribution in [0.25, 0.3) is 0 Å². The van der Waals surface area contributed by atoms with Crippen LogP contribution in [-0.2, 0) is 11.4 Å². The maximum absolute atomic E-state index is 10.9. The molecule has 0 aromatic heterocycles. The highest BCUT2D eigenvalue weighted by Crippen LogP contribution is 2.31. The topological polar surface area (TPSA) is 78.8 Å². The molecule has 0 aliphatic heterocycles. The van der Waals surface area contributed by atoms with Gasteiger partial charge in [-0.2, -0.15) is 0 Å². The fourth-order valence-electron chi connectivity index (χ4n) is 1.29. The monoisotopic (exact) mass is 259 g/mol. The Morgan fingerprint density at radius 1 is 1.47 bits per heavy atom. The molecule has 0 fully saturated rings. The van der Waals surface area contributed by atoms with E-state index in [1.54, 1.807) is 0 Å². The summed E-state index contributed by atoms with van der Waals surface area (Å²) < 4.78 is 5.23. The predicted molar refractivity (Wildman–Crippen MR) is 64.3 cm³/mol. The Morgan fingerprint density at radius 2 is 2.18 bits per heavy atom. The standard InChI is InChI=1S/C11H14ClNO4/c1-7(16)13-10-5-11(17-3-2-14)8(6-15)4-9(10)12/h4-5,14-15H,2-3,6H2,1H3,(H,13,16). The maximum atomic E-state index is 10.9. The third kappa shape index (κ3) is 3.89. The smallest absolute Gasteiger partial charge is 0.221 e. The lowest BCUT2D eigenvalue weighted by atomic mass is 10.2. The van der Waals surface area contributed by atoms with Crippen LogP contribution in [0.4, 0.5) is 5.69 Å². The Labute approximate surface area is 104 Å². The van der Waals surface area contributed by atoms with Gasteiger partial charge < -0.3 is 20.3 Å². The van der Waals surface area contributed by atoms with Crippen LogP contribution >= 0.6 is 11.6 Å². The van der Waals surface area contributed by atoms with Crippen molar-refractivity contribution < 1.29 is 19.7 Å². The van der Waals surface area contributed by atoms with Crippen molar-refractivity contribution in [3.8, 4) is 5.75 Å². The highest BCUT2D eigenvalue weighted by molar-refractivity contribution is 6.33. The molecular weight excluding hydrogens is 246 g/mol. The molecule has 1 aromatic carbocycles. The van der Waals surface area contributed by atoms with Gasteiger partial charge in [0.05, 0.1) is 23.9 Å². The normalized spacial score (nSPS) is 10.1. The Balaban J connectivity index is 3.03. The zero-order chi connectivity index (χ0) is 12.8. The minimum atomic E-state index is -0.253. The summed E-state index contributed by atoms with van der Waals surface area (Å²) in [5.74, 6) is 0.131. The van der Waals surface area contributed by atoms with Crippen LogP contribution in [0.2, 0.25) is 5.02 Å². The van der Waals surface area contributed by atoms with E-state index in [2.05, 4.69) is 5.32 Å². The number of rotatable bonds is 5. The molecule has 0 bridgehead atoms. The first kappa shape index (κ1) is 13.8. The number of aliphatic hydroxyl groups is 2. The van der Waals surface area contributed by atoms with Gasteiger partial charge >= 0.3 is 0 Å². The second-order valence-corrected chi connectivity index (χ2v) is 3.76. The highest BCUT2D eigenvalue weighted by Gasteiger charge is 2.10. The summed E-state index contributed by atoms with van der Waals surface area (Å²) in [4.78, 5) is 10.9. The van der Waals surface area contributed by atoms with E-state index in [1.807, 2.05) is 0 Å². The van der Waals surface area contributed by atoms with Gasteiger partial charge in [0, 0.05) is 18.6 Å². The number of benzene rings is 1. The molecule has 17 heavy (non-hydrogen) atoms. The molecule has 0 aliphatic rings. The van der Waals surface area contributed by atoms with E-state index in [0.717, 1.165) is 0 Å². The van der Waals surface area contributed by atoms with Gasteiger partial charge in [-0.05, 0) is 6.07 Å². The number of carbonyl (C=O) groups is 1. The number of aliphatic hydroxyl groups excluding tert-OH is 2. The summed E-state index contributed by atoms with van der Waals surface area (Å²) in [7, 11) is 0. The Morgan fingerprint density at radius 3 is 2.71 bits per heavy atom. The van der Waals surface area contributed by atoms with E-state index >= 15 is 0 Å². The number of hydrogen-bond acceptors (Lipinski definition) is 4. The van der Waals surface area contributed by atoms with Crippen molar-refractivity contribution in [1.29, 1.82) is 0 Å².